The van der Waals surface area contributed by atoms with Crippen molar-refractivity contribution in [2.75, 3.05) is 18.4 Å². The lowest BCUT2D eigenvalue weighted by Gasteiger charge is -2.15. The Morgan fingerprint density at radius 3 is 2.24 bits per heavy atom. The van der Waals surface area contributed by atoms with Gasteiger partial charge in [0.15, 0.2) is 0 Å². The van der Waals surface area contributed by atoms with E-state index in [2.05, 4.69) is 17.2 Å². The third kappa shape index (κ3) is 6.10. The van der Waals surface area contributed by atoms with Gasteiger partial charge in [-0.25, -0.2) is 8.42 Å². The highest BCUT2D eigenvalue weighted by atomic mass is 32.2. The Kier molecular flexibility index (Phi) is 7.23. The molecule has 1 amide bonds. The van der Waals surface area contributed by atoms with Gasteiger partial charge in [-0.3, -0.25) is 4.79 Å². The standard InChI is InChI=1S/C27H26N2O3S/c30-27(28-25-10-6-9-24(21-25)12-11-22-7-2-1-3-8-22)18-15-23-13-16-26(17-14-23)33(31,32)29-19-4-5-20-29/h1-3,6-10,13-14,16-17,21H,4-5,15,18-20H2,(H,28,30). The quantitative estimate of drug-likeness (QED) is 0.556. The monoisotopic (exact) mass is 458 g/mol. The fraction of sp³-hybridized carbons (Fsp3) is 0.222. The molecule has 1 aliphatic heterocycles. The van der Waals surface area contributed by atoms with E-state index in [1.807, 2.05) is 54.6 Å². The number of rotatable bonds is 6. The topological polar surface area (TPSA) is 66.5 Å². The van der Waals surface area contributed by atoms with Crippen molar-refractivity contribution in [1.29, 1.82) is 0 Å². The lowest BCUT2D eigenvalue weighted by atomic mass is 10.1. The second kappa shape index (κ2) is 10.5. The van der Waals surface area contributed by atoms with Crippen molar-refractivity contribution in [3.63, 3.8) is 0 Å². The maximum Gasteiger partial charge on any atom is 0.243 e. The van der Waals surface area contributed by atoms with Crippen molar-refractivity contribution in [2.45, 2.75) is 30.6 Å². The van der Waals surface area contributed by atoms with Crippen LogP contribution in [-0.2, 0) is 21.2 Å². The molecule has 1 heterocycles. The zero-order valence-corrected chi connectivity index (χ0v) is 19.1. The lowest BCUT2D eigenvalue weighted by Crippen LogP contribution is -2.27. The number of nitrogens with one attached hydrogen (secondary N) is 1. The van der Waals surface area contributed by atoms with Gasteiger partial charge in [-0.1, -0.05) is 48.2 Å². The summed E-state index contributed by atoms with van der Waals surface area (Å²) >= 11 is 0. The molecule has 3 aromatic rings. The van der Waals surface area contributed by atoms with Gasteiger partial charge < -0.3 is 5.32 Å². The number of aryl methyl sites for hydroxylation is 1. The molecule has 1 fully saturated rings. The Labute approximate surface area is 195 Å². The van der Waals surface area contributed by atoms with E-state index in [0.717, 1.165) is 29.5 Å². The summed E-state index contributed by atoms with van der Waals surface area (Å²) in [4.78, 5) is 12.7. The number of carbonyl (C=O) groups excluding carboxylic acids is 1. The summed E-state index contributed by atoms with van der Waals surface area (Å²) in [5.41, 5.74) is 3.39. The Morgan fingerprint density at radius 1 is 0.848 bits per heavy atom. The number of carbonyl (C=O) groups is 1. The van der Waals surface area contributed by atoms with Crippen LogP contribution in [0.2, 0.25) is 0 Å². The zero-order valence-electron chi connectivity index (χ0n) is 18.3. The molecule has 0 spiro atoms. The summed E-state index contributed by atoms with van der Waals surface area (Å²) in [5, 5.41) is 2.91. The average molecular weight is 459 g/mol. The first-order valence-corrected chi connectivity index (χ1v) is 12.5. The molecule has 1 aliphatic rings. The number of hydrogen-bond acceptors (Lipinski definition) is 3. The summed E-state index contributed by atoms with van der Waals surface area (Å²) in [7, 11) is -3.41. The zero-order chi connectivity index (χ0) is 23.1. The van der Waals surface area contributed by atoms with Crippen LogP contribution >= 0.6 is 0 Å². The fourth-order valence-corrected chi connectivity index (χ4v) is 5.24. The molecular formula is C27H26N2O3S. The summed E-state index contributed by atoms with van der Waals surface area (Å²) in [6.45, 7) is 1.17. The van der Waals surface area contributed by atoms with Gasteiger partial charge in [-0.2, -0.15) is 4.31 Å². The summed E-state index contributed by atoms with van der Waals surface area (Å²) < 4.78 is 26.8. The van der Waals surface area contributed by atoms with E-state index in [4.69, 9.17) is 0 Å². The molecule has 0 saturated carbocycles. The minimum Gasteiger partial charge on any atom is -0.326 e. The van der Waals surface area contributed by atoms with Crippen molar-refractivity contribution < 1.29 is 13.2 Å². The van der Waals surface area contributed by atoms with Crippen LogP contribution < -0.4 is 5.32 Å². The van der Waals surface area contributed by atoms with Gasteiger partial charge >= 0.3 is 0 Å². The van der Waals surface area contributed by atoms with Crippen molar-refractivity contribution in [2.24, 2.45) is 0 Å². The SMILES string of the molecule is O=C(CCc1ccc(S(=O)(=O)N2CCCC2)cc1)Nc1cccc(C#Cc2ccccc2)c1. The predicted molar refractivity (Wildman–Crippen MR) is 130 cm³/mol. The molecule has 0 atom stereocenters. The van der Waals surface area contributed by atoms with E-state index in [0.29, 0.717) is 36.5 Å². The van der Waals surface area contributed by atoms with E-state index < -0.39 is 10.0 Å². The molecule has 3 aromatic carbocycles. The second-order valence-electron chi connectivity index (χ2n) is 8.00. The third-order valence-corrected chi connectivity index (χ3v) is 7.45. The molecule has 0 aromatic heterocycles. The third-order valence-electron chi connectivity index (χ3n) is 5.54. The van der Waals surface area contributed by atoms with Gasteiger partial charge in [0.05, 0.1) is 4.90 Å². The van der Waals surface area contributed by atoms with Crippen molar-refractivity contribution in [3.05, 3.63) is 95.6 Å². The van der Waals surface area contributed by atoms with Crippen molar-refractivity contribution >= 4 is 21.6 Å². The van der Waals surface area contributed by atoms with Crippen LogP contribution in [0.5, 0.6) is 0 Å². The predicted octanol–water partition coefficient (Wildman–Crippen LogP) is 4.44. The normalized spacial score (nSPS) is 13.8. The molecule has 0 unspecified atom stereocenters. The first-order valence-electron chi connectivity index (χ1n) is 11.1. The average Bonchev–Trinajstić information content (AvgIpc) is 3.39. The molecule has 0 aliphatic carbocycles. The van der Waals surface area contributed by atoms with Crippen LogP contribution in [-0.4, -0.2) is 31.7 Å². The number of sulfonamides is 1. The Morgan fingerprint density at radius 2 is 1.52 bits per heavy atom. The Hall–Kier alpha value is -3.40. The number of anilines is 1. The van der Waals surface area contributed by atoms with Crippen LogP contribution in [0.15, 0.2) is 83.8 Å². The van der Waals surface area contributed by atoms with E-state index in [1.54, 1.807) is 24.3 Å². The van der Waals surface area contributed by atoms with E-state index >= 15 is 0 Å². The highest BCUT2D eigenvalue weighted by molar-refractivity contribution is 7.89. The summed E-state index contributed by atoms with van der Waals surface area (Å²) in [5.74, 6) is 6.13. The van der Waals surface area contributed by atoms with Crippen LogP contribution in [0, 0.1) is 11.8 Å². The molecular weight excluding hydrogens is 432 g/mol. The lowest BCUT2D eigenvalue weighted by molar-refractivity contribution is -0.116. The molecule has 5 nitrogen and oxygen atoms in total. The molecule has 1 saturated heterocycles. The van der Waals surface area contributed by atoms with E-state index in [-0.39, 0.29) is 5.91 Å². The van der Waals surface area contributed by atoms with Gasteiger partial charge in [0.1, 0.15) is 0 Å². The highest BCUT2D eigenvalue weighted by Gasteiger charge is 2.26. The maximum atomic E-state index is 12.6. The minimum absolute atomic E-state index is 0.100. The maximum absolute atomic E-state index is 12.6. The van der Waals surface area contributed by atoms with Gasteiger partial charge in [0.25, 0.3) is 0 Å². The number of benzene rings is 3. The van der Waals surface area contributed by atoms with Crippen LogP contribution in [0.25, 0.3) is 0 Å². The number of hydrogen-bond donors (Lipinski definition) is 1. The fourth-order valence-electron chi connectivity index (χ4n) is 3.73. The molecule has 33 heavy (non-hydrogen) atoms. The largest absolute Gasteiger partial charge is 0.326 e. The summed E-state index contributed by atoms with van der Waals surface area (Å²) in [6.07, 6.45) is 2.66. The van der Waals surface area contributed by atoms with Gasteiger partial charge in [0, 0.05) is 36.3 Å². The molecule has 0 bridgehead atoms. The molecule has 6 heteroatoms. The minimum atomic E-state index is -3.41. The Bertz CT molecular complexity index is 1270. The molecule has 0 radical (unpaired) electrons. The Balaban J connectivity index is 1.32. The van der Waals surface area contributed by atoms with Crippen LogP contribution in [0.1, 0.15) is 36.0 Å². The number of amides is 1. The molecule has 4 rings (SSSR count). The van der Waals surface area contributed by atoms with Gasteiger partial charge in [-0.15, -0.1) is 0 Å². The first-order chi connectivity index (χ1) is 16.0. The van der Waals surface area contributed by atoms with Gasteiger partial charge in [-0.05, 0) is 67.3 Å². The van der Waals surface area contributed by atoms with Gasteiger partial charge in [0.2, 0.25) is 15.9 Å². The van der Waals surface area contributed by atoms with Crippen molar-refractivity contribution in [1.82, 2.24) is 4.31 Å². The van der Waals surface area contributed by atoms with E-state index in [1.165, 1.54) is 4.31 Å². The van der Waals surface area contributed by atoms with Crippen LogP contribution in [0.3, 0.4) is 0 Å². The van der Waals surface area contributed by atoms with E-state index in [9.17, 15) is 13.2 Å². The van der Waals surface area contributed by atoms with Crippen molar-refractivity contribution in [3.8, 4) is 11.8 Å². The molecule has 168 valence electrons. The number of nitrogens with zero attached hydrogens (tertiary/aromatic N) is 1. The summed E-state index contributed by atoms with van der Waals surface area (Å²) in [6, 6.07) is 24.0. The smallest absolute Gasteiger partial charge is 0.243 e. The molecule has 1 N–H and O–H groups in total. The second-order valence-corrected chi connectivity index (χ2v) is 9.94. The van der Waals surface area contributed by atoms with Crippen LogP contribution in [0.4, 0.5) is 5.69 Å². The highest BCUT2D eigenvalue weighted by Crippen LogP contribution is 2.21. The first kappa shape index (κ1) is 22.8.